The molecule has 12 nitrogen and oxygen atoms in total. The van der Waals surface area contributed by atoms with Crippen LogP contribution in [0.4, 0.5) is 17.1 Å². The third kappa shape index (κ3) is 6.14. The first kappa shape index (κ1) is 28.7. The molecule has 0 bridgehead atoms. The molecule has 0 spiro atoms. The molecule has 0 aromatic heterocycles. The van der Waals surface area contributed by atoms with Crippen LogP contribution >= 0.6 is 23.2 Å². The molecule has 4 aromatic carbocycles. The number of halogens is 2. The van der Waals surface area contributed by atoms with Gasteiger partial charge in [0.2, 0.25) is 0 Å². The molecule has 0 radical (unpaired) electrons. The number of rotatable bonds is 7. The molecule has 4 N–H and O–H groups in total. The Morgan fingerprint density at radius 2 is 1.41 bits per heavy atom. The second-order valence-corrected chi connectivity index (χ2v) is 13.1. The topological polar surface area (TPSA) is 200 Å². The van der Waals surface area contributed by atoms with Crippen molar-refractivity contribution in [3.05, 3.63) is 76.8 Å². The van der Waals surface area contributed by atoms with Crippen molar-refractivity contribution in [1.82, 2.24) is 0 Å². The third-order valence-corrected chi connectivity index (χ3v) is 8.80. The summed E-state index contributed by atoms with van der Waals surface area (Å²) in [5, 5.41) is 18.0. The number of phenolic OH excluding ortho intramolecular Hbond substituents is 1. The van der Waals surface area contributed by atoms with Crippen LogP contribution in [-0.4, -0.2) is 39.5 Å². The van der Waals surface area contributed by atoms with Crippen LogP contribution in [0, 0.1) is 0 Å². The highest BCUT2D eigenvalue weighted by Crippen LogP contribution is 2.46. The van der Waals surface area contributed by atoms with Gasteiger partial charge >= 0.3 is 0 Å². The van der Waals surface area contributed by atoms with E-state index in [0.717, 1.165) is 6.07 Å². The molecule has 0 fully saturated rings. The minimum Gasteiger partial charge on any atom is -0.505 e. The second kappa shape index (κ2) is 10.3. The lowest BCUT2D eigenvalue weighted by Gasteiger charge is -2.15. The number of sulfonamides is 1. The van der Waals surface area contributed by atoms with Gasteiger partial charge in [-0.05, 0) is 53.9 Å². The van der Waals surface area contributed by atoms with Gasteiger partial charge in [-0.2, -0.15) is 16.8 Å². The first-order valence-corrected chi connectivity index (χ1v) is 15.4. The molecule has 4 rings (SSSR count). The quantitative estimate of drug-likeness (QED) is 0.149. The number of anilines is 1. The van der Waals surface area contributed by atoms with Crippen LogP contribution in [0.5, 0.6) is 5.75 Å². The van der Waals surface area contributed by atoms with E-state index in [1.54, 1.807) is 6.07 Å². The van der Waals surface area contributed by atoms with E-state index in [0.29, 0.717) is 12.1 Å². The fourth-order valence-corrected chi connectivity index (χ4v) is 6.06. The zero-order valence-electron chi connectivity index (χ0n) is 19.0. The Kier molecular flexibility index (Phi) is 7.61. The Bertz CT molecular complexity index is 1980. The smallest absolute Gasteiger partial charge is 0.296 e. The van der Waals surface area contributed by atoms with E-state index in [-0.39, 0.29) is 20.6 Å². The molecule has 204 valence electrons. The van der Waals surface area contributed by atoms with Gasteiger partial charge in [0.05, 0.1) is 25.9 Å². The highest BCUT2D eigenvalue weighted by atomic mass is 35.5. The van der Waals surface area contributed by atoms with Crippen molar-refractivity contribution in [2.75, 3.05) is 4.72 Å². The summed E-state index contributed by atoms with van der Waals surface area (Å²) in [7, 11) is -14.5. The van der Waals surface area contributed by atoms with E-state index < -0.39 is 67.9 Å². The minimum atomic E-state index is -5.13. The van der Waals surface area contributed by atoms with Crippen molar-refractivity contribution < 1.29 is 39.5 Å². The number of hydrogen-bond donors (Lipinski definition) is 4. The number of nitrogens with zero attached hydrogens (tertiary/aromatic N) is 2. The van der Waals surface area contributed by atoms with Gasteiger partial charge in [-0.3, -0.25) is 13.8 Å². The highest BCUT2D eigenvalue weighted by molar-refractivity contribution is 7.92. The van der Waals surface area contributed by atoms with Gasteiger partial charge in [-0.25, -0.2) is 8.42 Å². The standard InChI is InChI=1S/C22H15Cl2N3O9S3/c23-13-6-7-16(24)17(10-13)25-26-21-19(39(34,35)36)9-12-8-15(38(31,32)33)11-18(20(12)22(21)28)27-37(29,30)14-4-2-1-3-5-14/h1-11,27-28H,(H,31,32,33)(H,34,35,36). The molecular weight excluding hydrogens is 617 g/mol. The summed E-state index contributed by atoms with van der Waals surface area (Å²) in [4.78, 5) is -2.10. The predicted octanol–water partition coefficient (Wildman–Crippen LogP) is 5.56. The SMILES string of the molecule is O=S(=O)(O)c1cc(NS(=O)(=O)c2ccccc2)c2c(O)c(N=Nc3cc(Cl)ccc3Cl)c(S(=O)(=O)O)cc2c1. The van der Waals surface area contributed by atoms with Crippen molar-refractivity contribution in [2.24, 2.45) is 10.2 Å². The first-order valence-electron chi connectivity index (χ1n) is 10.3. The van der Waals surface area contributed by atoms with Crippen LogP contribution < -0.4 is 4.72 Å². The van der Waals surface area contributed by atoms with Crippen LogP contribution in [-0.2, 0) is 30.3 Å². The van der Waals surface area contributed by atoms with Gasteiger partial charge < -0.3 is 5.11 Å². The molecule has 4 aromatic rings. The minimum absolute atomic E-state index is 0.0447. The molecule has 0 atom stereocenters. The summed E-state index contributed by atoms with van der Waals surface area (Å²) < 4.78 is 95.7. The van der Waals surface area contributed by atoms with Crippen molar-refractivity contribution in [3.63, 3.8) is 0 Å². The molecule has 0 aliphatic rings. The second-order valence-electron chi connectivity index (χ2n) is 7.81. The van der Waals surface area contributed by atoms with E-state index >= 15 is 0 Å². The molecule has 0 aliphatic carbocycles. The molecule has 0 unspecified atom stereocenters. The largest absolute Gasteiger partial charge is 0.505 e. The Labute approximate surface area is 232 Å². The van der Waals surface area contributed by atoms with E-state index in [4.69, 9.17) is 23.2 Å². The van der Waals surface area contributed by atoms with E-state index in [2.05, 4.69) is 15.0 Å². The fourth-order valence-electron chi connectivity index (χ4n) is 3.45. The van der Waals surface area contributed by atoms with Gasteiger partial charge in [0.15, 0.2) is 5.75 Å². The molecule has 0 amide bonds. The van der Waals surface area contributed by atoms with Crippen molar-refractivity contribution in [1.29, 1.82) is 0 Å². The number of benzene rings is 4. The lowest BCUT2D eigenvalue weighted by molar-refractivity contribution is 0.472. The molecule has 0 saturated carbocycles. The van der Waals surface area contributed by atoms with Gasteiger partial charge in [0, 0.05) is 5.02 Å². The zero-order chi connectivity index (χ0) is 28.8. The van der Waals surface area contributed by atoms with Crippen LogP contribution in [0.15, 0.2) is 91.6 Å². The molecule has 0 heterocycles. The molecule has 0 saturated heterocycles. The van der Waals surface area contributed by atoms with Crippen molar-refractivity contribution >= 4 is 81.3 Å². The fraction of sp³-hybridized carbons (Fsp3) is 0. The predicted molar refractivity (Wildman–Crippen MR) is 143 cm³/mol. The normalized spacial score (nSPS) is 12.7. The number of azo groups is 1. The van der Waals surface area contributed by atoms with E-state index in [9.17, 15) is 39.5 Å². The zero-order valence-corrected chi connectivity index (χ0v) is 23.0. The lowest BCUT2D eigenvalue weighted by atomic mass is 10.1. The van der Waals surface area contributed by atoms with Crippen molar-refractivity contribution in [3.8, 4) is 5.75 Å². The van der Waals surface area contributed by atoms with Crippen LogP contribution in [0.1, 0.15) is 0 Å². The number of nitrogens with one attached hydrogen (secondary N) is 1. The summed E-state index contributed by atoms with van der Waals surface area (Å²) in [5.41, 5.74) is -1.45. The third-order valence-electron chi connectivity index (χ3n) is 5.16. The van der Waals surface area contributed by atoms with Crippen LogP contribution in [0.2, 0.25) is 10.0 Å². The Hall–Kier alpha value is -3.31. The lowest BCUT2D eigenvalue weighted by Crippen LogP contribution is -2.14. The number of phenols is 1. The Morgan fingerprint density at radius 1 is 0.744 bits per heavy atom. The number of fused-ring (bicyclic) bond motifs is 1. The maximum absolute atomic E-state index is 13.0. The van der Waals surface area contributed by atoms with Gasteiger partial charge in [0.1, 0.15) is 16.3 Å². The maximum atomic E-state index is 13.0. The van der Waals surface area contributed by atoms with Crippen LogP contribution in [0.25, 0.3) is 10.8 Å². The van der Waals surface area contributed by atoms with Crippen LogP contribution in [0.3, 0.4) is 0 Å². The Morgan fingerprint density at radius 3 is 2.03 bits per heavy atom. The molecular formula is C22H15Cl2N3O9S3. The van der Waals surface area contributed by atoms with E-state index in [1.807, 2.05) is 0 Å². The summed E-state index contributed by atoms with van der Waals surface area (Å²) in [6.45, 7) is 0. The number of aromatic hydroxyl groups is 1. The highest BCUT2D eigenvalue weighted by Gasteiger charge is 2.27. The first-order chi connectivity index (χ1) is 18.1. The summed E-state index contributed by atoms with van der Waals surface area (Å²) in [6, 6.07) is 13.2. The van der Waals surface area contributed by atoms with Crippen molar-refractivity contribution in [2.45, 2.75) is 14.7 Å². The maximum Gasteiger partial charge on any atom is 0.296 e. The van der Waals surface area contributed by atoms with Gasteiger partial charge in [-0.1, -0.05) is 41.4 Å². The summed E-state index contributed by atoms with van der Waals surface area (Å²) in [6.07, 6.45) is 0. The molecule has 0 aliphatic heterocycles. The summed E-state index contributed by atoms with van der Waals surface area (Å²) >= 11 is 12.0. The monoisotopic (exact) mass is 631 g/mol. The van der Waals surface area contributed by atoms with E-state index in [1.165, 1.54) is 42.5 Å². The Balaban J connectivity index is 2.06. The number of hydrogen-bond acceptors (Lipinski definition) is 9. The van der Waals surface area contributed by atoms with Gasteiger partial charge in [-0.15, -0.1) is 10.2 Å². The molecule has 17 heteroatoms. The molecule has 39 heavy (non-hydrogen) atoms. The average Bonchev–Trinajstić information content (AvgIpc) is 2.84. The van der Waals surface area contributed by atoms with Gasteiger partial charge in [0.25, 0.3) is 30.3 Å². The average molecular weight is 632 g/mol. The summed E-state index contributed by atoms with van der Waals surface area (Å²) in [5.74, 6) is -1.00.